The van der Waals surface area contributed by atoms with Gasteiger partial charge in [0, 0.05) is 27.4 Å². The summed E-state index contributed by atoms with van der Waals surface area (Å²) in [5.74, 6) is 1.94. The number of benzene rings is 8. The Morgan fingerprint density at radius 3 is 1.52 bits per heavy atom. The maximum Gasteiger partial charge on any atom is 0.164 e. The molecule has 1 aromatic heterocycles. The molecule has 62 heavy (non-hydrogen) atoms. The number of fused-ring (bicyclic) bond motifs is 1. The molecule has 0 unspecified atom stereocenters. The van der Waals surface area contributed by atoms with E-state index in [1.165, 1.54) is 47.1 Å². The molecular weight excluding hydrogens is 774 g/mol. The molecule has 0 bridgehead atoms. The van der Waals surface area contributed by atoms with Crippen molar-refractivity contribution in [2.75, 3.05) is 13.3 Å². The molecule has 9 aromatic rings. The van der Waals surface area contributed by atoms with Crippen molar-refractivity contribution in [2.45, 2.75) is 37.5 Å². The molecule has 1 saturated carbocycles. The van der Waals surface area contributed by atoms with Crippen LogP contribution in [-0.4, -0.2) is 28.3 Å². The van der Waals surface area contributed by atoms with E-state index in [0.717, 1.165) is 62.3 Å². The van der Waals surface area contributed by atoms with Crippen LogP contribution in [0.1, 0.15) is 43.2 Å². The summed E-state index contributed by atoms with van der Waals surface area (Å²) in [4.78, 5) is 15.6. The highest BCUT2D eigenvalue weighted by molar-refractivity contribution is 7.70. The molecule has 0 saturated heterocycles. The minimum atomic E-state index is -2.36. The first-order valence-electron chi connectivity index (χ1n) is 21.7. The third kappa shape index (κ3) is 7.72. The number of hydrogen-bond donors (Lipinski definition) is 0. The molecule has 1 aliphatic rings. The van der Waals surface area contributed by atoms with E-state index in [1.807, 2.05) is 25.5 Å². The fraction of sp³-hybridized carbons (Fsp3) is 0.140. The molecule has 0 radical (unpaired) electrons. The van der Waals surface area contributed by atoms with Crippen LogP contribution in [0.5, 0.6) is 0 Å². The summed E-state index contributed by atoms with van der Waals surface area (Å²) in [5.41, 5.74) is 12.4. The zero-order chi connectivity index (χ0) is 42.1. The van der Waals surface area contributed by atoms with Gasteiger partial charge in [-0.3, -0.25) is 0 Å². The predicted octanol–water partition coefficient (Wildman–Crippen LogP) is 14.5. The van der Waals surface area contributed by atoms with Crippen molar-refractivity contribution >= 4 is 23.2 Å². The molecule has 8 aromatic carbocycles. The second kappa shape index (κ2) is 16.6. The minimum absolute atomic E-state index is 0.0844. The van der Waals surface area contributed by atoms with E-state index in [1.54, 1.807) is 0 Å². The summed E-state index contributed by atoms with van der Waals surface area (Å²) in [5, 5.41) is 3.16. The third-order valence-corrected chi connectivity index (χ3v) is 14.3. The first kappa shape index (κ1) is 39.4. The van der Waals surface area contributed by atoms with E-state index < -0.39 is 7.14 Å². The smallest absolute Gasteiger partial charge is 0.164 e. The zero-order valence-electron chi connectivity index (χ0n) is 35.2. The SMILES string of the molecule is CP(C)(=O)c1cccc(-c2ccc(C3(c4ccc(-c5nc(-c6ccc(-c7ccccc7-c7ccccc7)cc6)nc(-c6cccc7ccccc67)n5)cc4)CCCCC3)cc2)c1. The molecular formula is C57H48N3OP. The van der Waals surface area contributed by atoms with Gasteiger partial charge in [-0.25, -0.2) is 15.0 Å². The van der Waals surface area contributed by atoms with Crippen LogP contribution in [0.2, 0.25) is 0 Å². The maximum atomic E-state index is 12.9. The summed E-state index contributed by atoms with van der Waals surface area (Å²) >= 11 is 0. The van der Waals surface area contributed by atoms with Gasteiger partial charge in [-0.1, -0.05) is 207 Å². The van der Waals surface area contributed by atoms with Crippen LogP contribution in [0.15, 0.2) is 194 Å². The summed E-state index contributed by atoms with van der Waals surface area (Å²) in [6, 6.07) is 68.8. The Hall–Kier alpha value is -6.74. The van der Waals surface area contributed by atoms with Gasteiger partial charge in [0.2, 0.25) is 0 Å². The average molecular weight is 822 g/mol. The fourth-order valence-corrected chi connectivity index (χ4v) is 10.3. The Kier molecular flexibility index (Phi) is 10.6. The van der Waals surface area contributed by atoms with Gasteiger partial charge in [0.1, 0.15) is 7.14 Å². The second-order valence-electron chi connectivity index (χ2n) is 17.0. The van der Waals surface area contributed by atoms with Crippen LogP contribution >= 0.6 is 7.14 Å². The lowest BCUT2D eigenvalue weighted by Gasteiger charge is -2.39. The molecule has 1 fully saturated rings. The van der Waals surface area contributed by atoms with E-state index in [9.17, 15) is 4.57 Å². The van der Waals surface area contributed by atoms with Gasteiger partial charge in [0.05, 0.1) is 0 Å². The Morgan fingerprint density at radius 2 is 0.871 bits per heavy atom. The van der Waals surface area contributed by atoms with Crippen molar-refractivity contribution in [3.8, 4) is 67.5 Å². The van der Waals surface area contributed by atoms with Crippen molar-refractivity contribution in [2.24, 2.45) is 0 Å². The summed E-state index contributed by atoms with van der Waals surface area (Å²) < 4.78 is 12.9. The van der Waals surface area contributed by atoms with Gasteiger partial charge < -0.3 is 4.57 Å². The van der Waals surface area contributed by atoms with E-state index in [0.29, 0.717) is 17.5 Å². The predicted molar refractivity (Wildman–Crippen MR) is 259 cm³/mol. The van der Waals surface area contributed by atoms with Crippen LogP contribution in [0.3, 0.4) is 0 Å². The summed E-state index contributed by atoms with van der Waals surface area (Å²) in [7, 11) is -2.36. The molecule has 1 aliphatic carbocycles. The van der Waals surface area contributed by atoms with Gasteiger partial charge >= 0.3 is 0 Å². The lowest BCUT2D eigenvalue weighted by molar-refractivity contribution is 0.346. The number of aromatic nitrogens is 3. The van der Waals surface area contributed by atoms with E-state index in [2.05, 4.69) is 182 Å². The van der Waals surface area contributed by atoms with E-state index in [-0.39, 0.29) is 5.41 Å². The molecule has 0 atom stereocenters. The average Bonchev–Trinajstić information content (AvgIpc) is 3.34. The molecule has 0 N–H and O–H groups in total. The molecule has 0 spiro atoms. The molecule has 302 valence electrons. The van der Waals surface area contributed by atoms with Crippen LogP contribution < -0.4 is 5.30 Å². The number of hydrogen-bond acceptors (Lipinski definition) is 4. The van der Waals surface area contributed by atoms with Crippen LogP contribution in [0.25, 0.3) is 78.3 Å². The monoisotopic (exact) mass is 821 g/mol. The Bertz CT molecular complexity index is 3070. The molecule has 4 nitrogen and oxygen atoms in total. The van der Waals surface area contributed by atoms with Gasteiger partial charge in [-0.2, -0.15) is 0 Å². The highest BCUT2D eigenvalue weighted by Gasteiger charge is 2.36. The van der Waals surface area contributed by atoms with Crippen molar-refractivity contribution < 1.29 is 4.57 Å². The maximum absolute atomic E-state index is 12.9. The normalized spacial score (nSPS) is 13.8. The number of rotatable bonds is 9. The topological polar surface area (TPSA) is 55.7 Å². The molecule has 1 heterocycles. The summed E-state index contributed by atoms with van der Waals surface area (Å²) in [6.45, 7) is 3.67. The third-order valence-electron chi connectivity index (χ3n) is 12.8. The van der Waals surface area contributed by atoms with E-state index in [4.69, 9.17) is 15.0 Å². The molecule has 0 amide bonds. The quantitative estimate of drug-likeness (QED) is 0.136. The fourth-order valence-electron chi connectivity index (χ4n) is 9.42. The zero-order valence-corrected chi connectivity index (χ0v) is 36.1. The van der Waals surface area contributed by atoms with Gasteiger partial charge in [0.15, 0.2) is 17.5 Å². The minimum Gasteiger partial charge on any atom is -0.319 e. The van der Waals surface area contributed by atoms with Gasteiger partial charge in [0.25, 0.3) is 0 Å². The standard InChI is InChI=1S/C57H48N3OP/c1-62(2,61)49-20-13-19-46(39-49)40-29-33-47(34-30-40)57(37-11-4-12-38-57)48-35-31-45(32-36-48)55-58-54(59-56(60-55)53-24-14-18-42-17-7-8-23-52(42)53)44-27-25-43(26-28-44)51-22-10-9-21-50(51)41-15-5-3-6-16-41/h3,5-10,13-36,39H,4,11-12,37-38H2,1-2H3. The first-order chi connectivity index (χ1) is 30.3. The summed E-state index contributed by atoms with van der Waals surface area (Å²) in [6.07, 6.45) is 5.83. The first-order valence-corrected chi connectivity index (χ1v) is 24.3. The van der Waals surface area contributed by atoms with Gasteiger partial charge in [-0.05, 0) is 87.5 Å². The molecule has 10 rings (SSSR count). The molecule has 0 aliphatic heterocycles. The second-order valence-corrected chi connectivity index (χ2v) is 20.2. The lowest BCUT2D eigenvalue weighted by Crippen LogP contribution is -2.30. The highest BCUT2D eigenvalue weighted by atomic mass is 31.2. The van der Waals surface area contributed by atoms with Crippen molar-refractivity contribution in [1.82, 2.24) is 15.0 Å². The van der Waals surface area contributed by atoms with Crippen molar-refractivity contribution in [3.63, 3.8) is 0 Å². The Labute approximate surface area is 364 Å². The van der Waals surface area contributed by atoms with Crippen molar-refractivity contribution in [1.29, 1.82) is 0 Å². The van der Waals surface area contributed by atoms with E-state index >= 15 is 0 Å². The number of nitrogens with zero attached hydrogens (tertiary/aromatic N) is 3. The lowest BCUT2D eigenvalue weighted by atomic mass is 9.65. The van der Waals surface area contributed by atoms with Gasteiger partial charge in [-0.15, -0.1) is 0 Å². The van der Waals surface area contributed by atoms with Crippen molar-refractivity contribution in [3.05, 3.63) is 205 Å². The van der Waals surface area contributed by atoms with Crippen LogP contribution in [0.4, 0.5) is 0 Å². The van der Waals surface area contributed by atoms with Crippen LogP contribution in [0, 0.1) is 0 Å². The highest BCUT2D eigenvalue weighted by Crippen LogP contribution is 2.46. The Balaban J connectivity index is 1.02. The largest absolute Gasteiger partial charge is 0.319 e. The Morgan fingerprint density at radius 1 is 0.403 bits per heavy atom. The molecule has 5 heteroatoms. The van der Waals surface area contributed by atoms with Crippen LogP contribution in [-0.2, 0) is 9.98 Å².